The minimum Gasteiger partial charge on any atom is -0.454 e. The summed E-state index contributed by atoms with van der Waals surface area (Å²) in [4.78, 5) is 24.4. The molecule has 10 heteroatoms. The smallest absolute Gasteiger partial charge is 0.244 e. The zero-order valence-corrected chi connectivity index (χ0v) is 16.2. The monoisotopic (exact) mass is 422 g/mol. The molecule has 2 N–H and O–H groups in total. The Morgan fingerprint density at radius 3 is 1.68 bits per heavy atom. The summed E-state index contributed by atoms with van der Waals surface area (Å²) in [6.07, 6.45) is 3.47. The van der Waals surface area contributed by atoms with Crippen LogP contribution in [0, 0.1) is 11.8 Å². The lowest BCUT2D eigenvalue weighted by Crippen LogP contribution is -2.25. The van der Waals surface area contributed by atoms with E-state index in [1.165, 1.54) is 12.4 Å². The SMILES string of the molecule is O=C(N/N=C\c1ccc2c(c1)OCO2)[C@H]1C[C@H]1C(=O)N/N=C\c1ccc2c(c1)OCO2. The molecule has 5 rings (SSSR count). The molecule has 31 heavy (non-hydrogen) atoms. The number of rotatable bonds is 6. The summed E-state index contributed by atoms with van der Waals surface area (Å²) in [5, 5.41) is 7.90. The lowest BCUT2D eigenvalue weighted by Gasteiger charge is -2.01. The standard InChI is InChI=1S/C21H18N4O6/c26-20(24-22-8-12-1-3-16-18(5-12)30-10-28-16)14-7-15(14)21(27)25-23-9-13-2-4-17-19(6-13)31-11-29-17/h1-6,8-9,14-15H,7,10-11H2,(H,24,26)(H,25,27)/b22-8-,23-9-/t14-,15+. The fourth-order valence-electron chi connectivity index (χ4n) is 3.27. The molecule has 1 saturated carbocycles. The molecule has 1 fully saturated rings. The van der Waals surface area contributed by atoms with Crippen molar-refractivity contribution in [3.8, 4) is 23.0 Å². The van der Waals surface area contributed by atoms with E-state index in [-0.39, 0.29) is 25.4 Å². The number of ether oxygens (including phenoxy) is 4. The third-order valence-electron chi connectivity index (χ3n) is 5.03. The Morgan fingerprint density at radius 2 is 1.19 bits per heavy atom. The molecule has 0 bridgehead atoms. The molecule has 3 aliphatic rings. The van der Waals surface area contributed by atoms with Gasteiger partial charge in [0.05, 0.1) is 24.3 Å². The van der Waals surface area contributed by atoms with E-state index in [9.17, 15) is 9.59 Å². The molecule has 0 aromatic heterocycles. The third-order valence-corrected chi connectivity index (χ3v) is 5.03. The van der Waals surface area contributed by atoms with Crippen LogP contribution in [0.1, 0.15) is 17.5 Å². The zero-order chi connectivity index (χ0) is 21.2. The summed E-state index contributed by atoms with van der Waals surface area (Å²) in [6, 6.07) is 10.7. The first-order valence-corrected chi connectivity index (χ1v) is 9.62. The van der Waals surface area contributed by atoms with Gasteiger partial charge in [0.25, 0.3) is 0 Å². The van der Waals surface area contributed by atoms with E-state index in [0.29, 0.717) is 29.4 Å². The van der Waals surface area contributed by atoms with E-state index in [0.717, 1.165) is 11.1 Å². The molecule has 2 aliphatic heterocycles. The first-order chi connectivity index (χ1) is 15.2. The number of hydrazone groups is 2. The number of nitrogens with one attached hydrogen (secondary N) is 2. The number of hydrogen-bond acceptors (Lipinski definition) is 8. The van der Waals surface area contributed by atoms with Gasteiger partial charge in [-0.2, -0.15) is 10.2 Å². The molecular weight excluding hydrogens is 404 g/mol. The molecule has 0 radical (unpaired) electrons. The van der Waals surface area contributed by atoms with E-state index in [1.807, 2.05) is 0 Å². The number of benzene rings is 2. The van der Waals surface area contributed by atoms with Crippen molar-refractivity contribution in [3.63, 3.8) is 0 Å². The average molecular weight is 422 g/mol. The van der Waals surface area contributed by atoms with E-state index >= 15 is 0 Å². The summed E-state index contributed by atoms with van der Waals surface area (Å²) >= 11 is 0. The van der Waals surface area contributed by atoms with Gasteiger partial charge in [-0.25, -0.2) is 10.9 Å². The summed E-state index contributed by atoms with van der Waals surface area (Å²) in [5.74, 6) is 1.16. The number of hydrogen-bond donors (Lipinski definition) is 2. The number of carbonyl (C=O) groups is 2. The van der Waals surface area contributed by atoms with Gasteiger partial charge in [-0.1, -0.05) is 0 Å². The number of carbonyl (C=O) groups excluding carboxylic acids is 2. The maximum absolute atomic E-state index is 12.2. The van der Waals surface area contributed by atoms with Crippen molar-refractivity contribution in [2.75, 3.05) is 13.6 Å². The second-order valence-corrected chi connectivity index (χ2v) is 7.14. The highest BCUT2D eigenvalue weighted by molar-refractivity contribution is 5.93. The van der Waals surface area contributed by atoms with Crippen molar-refractivity contribution in [1.82, 2.24) is 10.9 Å². The Morgan fingerprint density at radius 1 is 0.742 bits per heavy atom. The normalized spacial score (nSPS) is 20.3. The Bertz CT molecular complexity index is 1010. The largest absolute Gasteiger partial charge is 0.454 e. The van der Waals surface area contributed by atoms with E-state index in [2.05, 4.69) is 21.1 Å². The highest BCUT2D eigenvalue weighted by atomic mass is 16.7. The maximum Gasteiger partial charge on any atom is 0.244 e. The highest BCUT2D eigenvalue weighted by Gasteiger charge is 2.48. The molecule has 0 unspecified atom stereocenters. The summed E-state index contributed by atoms with van der Waals surface area (Å²) in [6.45, 7) is 0.386. The lowest BCUT2D eigenvalue weighted by atomic mass is 10.2. The van der Waals surface area contributed by atoms with Crippen molar-refractivity contribution in [1.29, 1.82) is 0 Å². The predicted molar refractivity (Wildman–Crippen MR) is 108 cm³/mol. The fraction of sp³-hybridized carbons (Fsp3) is 0.238. The van der Waals surface area contributed by atoms with Crippen molar-refractivity contribution in [3.05, 3.63) is 47.5 Å². The quantitative estimate of drug-likeness (QED) is 0.536. The number of amides is 2. The molecular formula is C21H18N4O6. The van der Waals surface area contributed by atoms with Gasteiger partial charge in [0.15, 0.2) is 23.0 Å². The minimum absolute atomic E-state index is 0.193. The van der Waals surface area contributed by atoms with E-state index < -0.39 is 11.8 Å². The second-order valence-electron chi connectivity index (χ2n) is 7.14. The van der Waals surface area contributed by atoms with Crippen LogP contribution in [0.4, 0.5) is 0 Å². The lowest BCUT2D eigenvalue weighted by molar-refractivity contribution is -0.127. The van der Waals surface area contributed by atoms with Gasteiger partial charge in [0.2, 0.25) is 25.4 Å². The molecule has 1 aliphatic carbocycles. The van der Waals surface area contributed by atoms with Crippen LogP contribution in [0.3, 0.4) is 0 Å². The van der Waals surface area contributed by atoms with Gasteiger partial charge < -0.3 is 18.9 Å². The minimum atomic E-state index is -0.422. The van der Waals surface area contributed by atoms with Crippen LogP contribution in [0.5, 0.6) is 23.0 Å². The van der Waals surface area contributed by atoms with Crippen LogP contribution in [-0.4, -0.2) is 37.8 Å². The highest BCUT2D eigenvalue weighted by Crippen LogP contribution is 2.39. The second kappa shape index (κ2) is 7.98. The van der Waals surface area contributed by atoms with E-state index in [1.54, 1.807) is 36.4 Å². The molecule has 2 heterocycles. The molecule has 10 nitrogen and oxygen atoms in total. The first kappa shape index (κ1) is 18.9. The predicted octanol–water partition coefficient (Wildman–Crippen LogP) is 1.38. The van der Waals surface area contributed by atoms with Crippen LogP contribution < -0.4 is 29.8 Å². The van der Waals surface area contributed by atoms with Crippen LogP contribution in [0.2, 0.25) is 0 Å². The van der Waals surface area contributed by atoms with Crippen molar-refractivity contribution in [2.24, 2.45) is 22.0 Å². The van der Waals surface area contributed by atoms with E-state index in [4.69, 9.17) is 18.9 Å². The van der Waals surface area contributed by atoms with Gasteiger partial charge in [-0.05, 0) is 53.9 Å². The Balaban J connectivity index is 1.08. The van der Waals surface area contributed by atoms with Gasteiger partial charge >= 0.3 is 0 Å². The Hall–Kier alpha value is -4.08. The van der Waals surface area contributed by atoms with Crippen LogP contribution in [0.25, 0.3) is 0 Å². The maximum atomic E-state index is 12.2. The van der Waals surface area contributed by atoms with Crippen LogP contribution in [-0.2, 0) is 9.59 Å². The number of fused-ring (bicyclic) bond motifs is 2. The molecule has 2 amide bonds. The summed E-state index contributed by atoms with van der Waals surface area (Å²) < 4.78 is 21.1. The topological polar surface area (TPSA) is 120 Å². The molecule has 2 aromatic carbocycles. The Kier molecular flexibility index (Phi) is 4.87. The van der Waals surface area contributed by atoms with Crippen molar-refractivity contribution >= 4 is 24.2 Å². The van der Waals surface area contributed by atoms with Crippen molar-refractivity contribution in [2.45, 2.75) is 6.42 Å². The molecule has 0 saturated heterocycles. The summed E-state index contributed by atoms with van der Waals surface area (Å²) in [5.41, 5.74) is 6.45. The molecule has 2 atom stereocenters. The molecule has 2 aromatic rings. The van der Waals surface area contributed by atoms with Gasteiger partial charge in [0, 0.05) is 0 Å². The van der Waals surface area contributed by atoms with Gasteiger partial charge in [-0.3, -0.25) is 9.59 Å². The summed E-state index contributed by atoms with van der Waals surface area (Å²) in [7, 11) is 0. The Labute approximate surface area is 176 Å². The van der Waals surface area contributed by atoms with Crippen LogP contribution in [0.15, 0.2) is 46.6 Å². The average Bonchev–Trinajstić information content (AvgIpc) is 3.21. The molecule has 158 valence electrons. The number of nitrogens with zero attached hydrogens (tertiary/aromatic N) is 2. The van der Waals surface area contributed by atoms with Gasteiger partial charge in [0.1, 0.15) is 0 Å². The van der Waals surface area contributed by atoms with Gasteiger partial charge in [-0.15, -0.1) is 0 Å². The zero-order valence-electron chi connectivity index (χ0n) is 16.2. The third kappa shape index (κ3) is 4.13. The first-order valence-electron chi connectivity index (χ1n) is 9.62. The fourth-order valence-corrected chi connectivity index (χ4v) is 3.27. The van der Waals surface area contributed by atoms with Crippen molar-refractivity contribution < 1.29 is 28.5 Å². The molecule has 0 spiro atoms. The van der Waals surface area contributed by atoms with Crippen LogP contribution >= 0.6 is 0 Å².